The number of nitrogens with zero attached hydrogens (tertiary/aromatic N) is 3. The summed E-state index contributed by atoms with van der Waals surface area (Å²) in [5.41, 5.74) is 3.58. The highest BCUT2D eigenvalue weighted by Crippen LogP contribution is 2.34. The second-order valence-electron chi connectivity index (χ2n) is 9.37. The Morgan fingerprint density at radius 3 is 2.45 bits per heavy atom. The first-order valence-corrected chi connectivity index (χ1v) is 11.9. The number of piperidine rings is 1. The zero-order valence-electron chi connectivity index (χ0n) is 18.6. The van der Waals surface area contributed by atoms with Crippen LogP contribution in [0.15, 0.2) is 30.3 Å². The Morgan fingerprint density at radius 2 is 1.68 bits per heavy atom. The number of amides is 1. The molecule has 2 aromatic carbocycles. The molecule has 5 nitrogen and oxygen atoms in total. The van der Waals surface area contributed by atoms with Crippen LogP contribution in [0.2, 0.25) is 0 Å². The van der Waals surface area contributed by atoms with E-state index in [2.05, 4.69) is 41.0 Å². The molecular formula is C26H33N3O2. The van der Waals surface area contributed by atoms with E-state index in [4.69, 9.17) is 0 Å². The number of likely N-dealkylation sites (tertiary alicyclic amines) is 1. The van der Waals surface area contributed by atoms with E-state index in [9.17, 15) is 9.59 Å². The number of carbonyl (C=O) groups is 2. The van der Waals surface area contributed by atoms with Gasteiger partial charge in [0.1, 0.15) is 0 Å². The molecule has 0 radical (unpaired) electrons. The highest BCUT2D eigenvalue weighted by Gasteiger charge is 2.31. The Balaban J connectivity index is 1.27. The molecule has 0 aromatic heterocycles. The van der Waals surface area contributed by atoms with Crippen molar-refractivity contribution in [1.29, 1.82) is 0 Å². The number of aryl methyl sites for hydroxylation is 2. The van der Waals surface area contributed by atoms with Crippen molar-refractivity contribution in [1.82, 2.24) is 14.7 Å². The van der Waals surface area contributed by atoms with E-state index in [1.54, 1.807) is 0 Å². The minimum atomic E-state index is -0.0897. The van der Waals surface area contributed by atoms with Gasteiger partial charge >= 0.3 is 0 Å². The molecule has 1 amide bonds. The molecule has 2 aromatic rings. The van der Waals surface area contributed by atoms with E-state index < -0.39 is 0 Å². The molecule has 164 valence electrons. The van der Waals surface area contributed by atoms with Crippen LogP contribution >= 0.6 is 0 Å². The van der Waals surface area contributed by atoms with Gasteiger partial charge in [0.2, 0.25) is 5.91 Å². The molecule has 5 rings (SSSR count). The van der Waals surface area contributed by atoms with Crippen molar-refractivity contribution >= 4 is 22.5 Å². The fourth-order valence-corrected chi connectivity index (χ4v) is 5.65. The smallest absolute Gasteiger partial charge is 0.236 e. The van der Waals surface area contributed by atoms with Crippen LogP contribution in [0.3, 0.4) is 0 Å². The van der Waals surface area contributed by atoms with Gasteiger partial charge < -0.3 is 9.80 Å². The first kappa shape index (κ1) is 20.7. The molecule has 0 N–H and O–H groups in total. The van der Waals surface area contributed by atoms with Gasteiger partial charge in [-0.1, -0.05) is 37.3 Å². The van der Waals surface area contributed by atoms with Gasteiger partial charge in [-0.3, -0.25) is 14.5 Å². The van der Waals surface area contributed by atoms with Gasteiger partial charge in [-0.2, -0.15) is 0 Å². The maximum Gasteiger partial charge on any atom is 0.236 e. The predicted molar refractivity (Wildman–Crippen MR) is 124 cm³/mol. The fraction of sp³-hybridized carbons (Fsp3) is 0.538. The number of hydrogen-bond acceptors (Lipinski definition) is 4. The van der Waals surface area contributed by atoms with Gasteiger partial charge in [-0.15, -0.1) is 0 Å². The highest BCUT2D eigenvalue weighted by molar-refractivity contribution is 6.11. The molecule has 0 spiro atoms. The first-order valence-electron chi connectivity index (χ1n) is 11.9. The van der Waals surface area contributed by atoms with E-state index in [1.807, 2.05) is 11.0 Å². The molecule has 0 bridgehead atoms. The Labute approximate surface area is 185 Å². The molecule has 2 fully saturated rings. The van der Waals surface area contributed by atoms with Crippen LogP contribution in [0.4, 0.5) is 0 Å². The largest absolute Gasteiger partial charge is 0.341 e. The third-order valence-corrected chi connectivity index (χ3v) is 7.56. The van der Waals surface area contributed by atoms with Gasteiger partial charge in [0.25, 0.3) is 0 Å². The van der Waals surface area contributed by atoms with Crippen molar-refractivity contribution in [2.24, 2.45) is 5.92 Å². The van der Waals surface area contributed by atoms with Crippen molar-refractivity contribution in [2.45, 2.75) is 32.6 Å². The lowest BCUT2D eigenvalue weighted by atomic mass is 9.87. The average Bonchev–Trinajstić information content (AvgIpc) is 3.24. The average molecular weight is 420 g/mol. The molecular weight excluding hydrogens is 386 g/mol. The monoisotopic (exact) mass is 419 g/mol. The SMILES string of the molecule is CCN1CCN(CC(=O)N2CCC[C@H](C(=O)c3ccc4c5c(cccc35)CC4)C2)CC1. The molecule has 2 aliphatic heterocycles. The number of piperazine rings is 1. The lowest BCUT2D eigenvalue weighted by molar-refractivity contribution is -0.134. The number of carbonyl (C=O) groups excluding carboxylic acids is 2. The van der Waals surface area contributed by atoms with Gasteiger partial charge in [0, 0.05) is 50.7 Å². The lowest BCUT2D eigenvalue weighted by Crippen LogP contribution is -2.51. The Hall–Kier alpha value is -2.24. The summed E-state index contributed by atoms with van der Waals surface area (Å²) in [5.74, 6) is 0.306. The molecule has 0 unspecified atom stereocenters. The van der Waals surface area contributed by atoms with Crippen molar-refractivity contribution in [2.75, 3.05) is 52.4 Å². The van der Waals surface area contributed by atoms with E-state index in [1.165, 1.54) is 16.5 Å². The van der Waals surface area contributed by atoms with Crippen molar-refractivity contribution in [3.63, 3.8) is 0 Å². The lowest BCUT2D eigenvalue weighted by Gasteiger charge is -2.37. The highest BCUT2D eigenvalue weighted by atomic mass is 16.2. The topological polar surface area (TPSA) is 43.9 Å². The molecule has 5 heteroatoms. The minimum absolute atomic E-state index is 0.0897. The van der Waals surface area contributed by atoms with Crippen LogP contribution in [0.1, 0.15) is 41.3 Å². The fourth-order valence-electron chi connectivity index (χ4n) is 5.65. The van der Waals surface area contributed by atoms with Crippen molar-refractivity contribution in [3.8, 4) is 0 Å². The van der Waals surface area contributed by atoms with Crippen molar-refractivity contribution in [3.05, 3.63) is 47.0 Å². The Kier molecular flexibility index (Phi) is 5.81. The molecule has 0 saturated carbocycles. The predicted octanol–water partition coefficient (Wildman–Crippen LogP) is 3.00. The quantitative estimate of drug-likeness (QED) is 0.699. The van der Waals surface area contributed by atoms with Gasteiger partial charge in [0.15, 0.2) is 5.78 Å². The van der Waals surface area contributed by atoms with Crippen LogP contribution < -0.4 is 0 Å². The second kappa shape index (κ2) is 8.71. The zero-order chi connectivity index (χ0) is 21.4. The van der Waals surface area contributed by atoms with E-state index in [-0.39, 0.29) is 17.6 Å². The Morgan fingerprint density at radius 1 is 0.935 bits per heavy atom. The van der Waals surface area contributed by atoms with Gasteiger partial charge in [0.05, 0.1) is 6.54 Å². The molecule has 1 atom stereocenters. The molecule has 31 heavy (non-hydrogen) atoms. The van der Waals surface area contributed by atoms with Crippen LogP contribution in [-0.4, -0.2) is 78.7 Å². The minimum Gasteiger partial charge on any atom is -0.341 e. The Bertz CT molecular complexity index is 983. The van der Waals surface area contributed by atoms with E-state index in [0.717, 1.165) is 75.9 Å². The summed E-state index contributed by atoms with van der Waals surface area (Å²) in [7, 11) is 0. The normalized spacial score (nSPS) is 22.2. The van der Waals surface area contributed by atoms with Crippen LogP contribution in [0.25, 0.3) is 10.8 Å². The van der Waals surface area contributed by atoms with Crippen LogP contribution in [0, 0.1) is 5.92 Å². The maximum atomic E-state index is 13.5. The summed E-state index contributed by atoms with van der Waals surface area (Å²) >= 11 is 0. The number of hydrogen-bond donors (Lipinski definition) is 0. The van der Waals surface area contributed by atoms with E-state index >= 15 is 0 Å². The summed E-state index contributed by atoms with van der Waals surface area (Å²) in [4.78, 5) is 33.2. The third kappa shape index (κ3) is 4.01. The standard InChI is InChI=1S/C26H33N3O2/c1-2-27-13-15-28(16-14-27)18-24(30)29-12-4-6-21(17-29)26(31)23-11-10-20-9-8-19-5-3-7-22(23)25(19)20/h3,5,7,10-11,21H,2,4,6,8-9,12-18H2,1H3/t21-/m0/s1. The molecule has 2 heterocycles. The van der Waals surface area contributed by atoms with Gasteiger partial charge in [-0.05, 0) is 54.1 Å². The molecule has 1 aliphatic carbocycles. The summed E-state index contributed by atoms with van der Waals surface area (Å²) in [5, 5.41) is 2.40. The number of Topliss-reactive ketones (excluding diaryl/α,β-unsaturated/α-hetero) is 1. The van der Waals surface area contributed by atoms with Crippen LogP contribution in [0.5, 0.6) is 0 Å². The summed E-state index contributed by atoms with van der Waals surface area (Å²) in [6, 6.07) is 10.5. The third-order valence-electron chi connectivity index (χ3n) is 7.56. The van der Waals surface area contributed by atoms with Gasteiger partial charge in [-0.25, -0.2) is 0 Å². The maximum absolute atomic E-state index is 13.5. The number of ketones is 1. The molecule has 3 aliphatic rings. The van der Waals surface area contributed by atoms with Crippen LogP contribution in [-0.2, 0) is 17.6 Å². The van der Waals surface area contributed by atoms with E-state index in [0.29, 0.717) is 13.1 Å². The second-order valence-corrected chi connectivity index (χ2v) is 9.37. The molecule has 2 saturated heterocycles. The summed E-state index contributed by atoms with van der Waals surface area (Å²) in [6.45, 7) is 9.08. The van der Waals surface area contributed by atoms with Crippen molar-refractivity contribution < 1.29 is 9.59 Å². The summed E-state index contributed by atoms with van der Waals surface area (Å²) in [6.07, 6.45) is 3.93. The summed E-state index contributed by atoms with van der Waals surface area (Å²) < 4.78 is 0. The number of rotatable bonds is 5. The zero-order valence-corrected chi connectivity index (χ0v) is 18.6. The number of benzene rings is 2. The first-order chi connectivity index (χ1) is 15.1. The number of likely N-dealkylation sites (N-methyl/N-ethyl adjacent to an activating group) is 1.